The molecule has 0 radical (unpaired) electrons. The smallest absolute Gasteiger partial charge is 0.406 e. The first-order valence-corrected chi connectivity index (χ1v) is 5.29. The first kappa shape index (κ1) is 15.5. The van der Waals surface area contributed by atoms with Gasteiger partial charge in [-0.25, -0.2) is 0 Å². The third-order valence-corrected chi connectivity index (χ3v) is 2.13. The summed E-state index contributed by atoms with van der Waals surface area (Å²) in [5, 5.41) is 10.8. The number of carbonyl (C=O) groups excluding carboxylic acids is 2. The Morgan fingerprint density at radius 2 is 2.05 bits per heavy atom. The van der Waals surface area contributed by atoms with Crippen LogP contribution in [-0.2, 0) is 9.59 Å². The van der Waals surface area contributed by atoms with Crippen LogP contribution in [0.3, 0.4) is 0 Å². The third-order valence-electron chi connectivity index (χ3n) is 2.13. The van der Waals surface area contributed by atoms with Gasteiger partial charge in [0.25, 0.3) is 0 Å². The number of nitriles is 1. The predicted octanol–water partition coefficient (Wildman–Crippen LogP) is 2.25. The van der Waals surface area contributed by atoms with Crippen LogP contribution in [0.1, 0.15) is 6.92 Å². The van der Waals surface area contributed by atoms with Gasteiger partial charge in [-0.15, -0.1) is 13.2 Å². The van der Waals surface area contributed by atoms with Crippen molar-refractivity contribution in [2.75, 3.05) is 5.32 Å². The molecule has 0 saturated heterocycles. The Morgan fingerprint density at radius 1 is 1.40 bits per heavy atom. The van der Waals surface area contributed by atoms with Gasteiger partial charge in [0.15, 0.2) is 11.7 Å². The van der Waals surface area contributed by atoms with Gasteiger partial charge in [0.1, 0.15) is 5.75 Å². The number of alkyl halides is 3. The molecule has 0 spiro atoms. The van der Waals surface area contributed by atoms with Crippen molar-refractivity contribution in [1.82, 2.24) is 0 Å². The second-order valence-electron chi connectivity index (χ2n) is 3.74. The van der Waals surface area contributed by atoms with E-state index in [1.165, 1.54) is 18.2 Å². The lowest BCUT2D eigenvalue weighted by Gasteiger charge is -2.11. The van der Waals surface area contributed by atoms with Crippen LogP contribution in [-0.4, -0.2) is 18.1 Å². The lowest BCUT2D eigenvalue weighted by Crippen LogP contribution is -2.27. The van der Waals surface area contributed by atoms with Crippen molar-refractivity contribution in [1.29, 1.82) is 5.26 Å². The second-order valence-corrected chi connectivity index (χ2v) is 3.74. The highest BCUT2D eigenvalue weighted by Gasteiger charge is 2.31. The fourth-order valence-corrected chi connectivity index (χ4v) is 1.32. The van der Waals surface area contributed by atoms with Gasteiger partial charge < -0.3 is 10.1 Å². The number of Topliss-reactive ketones (excluding diaryl/α,β-unsaturated/α-hetero) is 1. The van der Waals surface area contributed by atoms with Crippen molar-refractivity contribution in [2.45, 2.75) is 13.3 Å². The van der Waals surface area contributed by atoms with Crippen LogP contribution in [0.4, 0.5) is 18.9 Å². The Hall–Kier alpha value is -2.56. The summed E-state index contributed by atoms with van der Waals surface area (Å²) >= 11 is 0. The molecule has 1 aromatic rings. The predicted molar refractivity (Wildman–Crippen MR) is 61.5 cm³/mol. The van der Waals surface area contributed by atoms with E-state index in [0.717, 1.165) is 19.1 Å². The summed E-state index contributed by atoms with van der Waals surface area (Å²) in [6, 6.07) is 6.01. The Kier molecular flexibility index (Phi) is 4.69. The largest absolute Gasteiger partial charge is 0.573 e. The minimum absolute atomic E-state index is 0.0155. The van der Waals surface area contributed by atoms with Crippen LogP contribution in [0.2, 0.25) is 0 Å². The van der Waals surface area contributed by atoms with Gasteiger partial charge in [-0.3, -0.25) is 9.59 Å². The van der Waals surface area contributed by atoms with Crippen LogP contribution in [0.5, 0.6) is 5.75 Å². The van der Waals surface area contributed by atoms with Crippen LogP contribution in [0.15, 0.2) is 24.3 Å². The SMILES string of the molecule is CC(=O)C(C#N)C(=O)Nc1cccc(OC(F)(F)F)c1. The number of rotatable bonds is 4. The van der Waals surface area contributed by atoms with E-state index in [4.69, 9.17) is 5.26 Å². The number of halogens is 3. The van der Waals surface area contributed by atoms with Crippen molar-refractivity contribution in [3.63, 3.8) is 0 Å². The number of amides is 1. The Labute approximate surface area is 111 Å². The summed E-state index contributed by atoms with van der Waals surface area (Å²) in [7, 11) is 0. The van der Waals surface area contributed by atoms with Gasteiger partial charge in [-0.1, -0.05) is 6.07 Å². The van der Waals surface area contributed by atoms with Crippen LogP contribution in [0, 0.1) is 17.2 Å². The minimum Gasteiger partial charge on any atom is -0.406 e. The minimum atomic E-state index is -4.85. The molecule has 0 aliphatic rings. The number of carbonyl (C=O) groups is 2. The molecule has 0 aliphatic carbocycles. The van der Waals surface area contributed by atoms with Gasteiger partial charge in [0, 0.05) is 11.8 Å². The summed E-state index contributed by atoms with van der Waals surface area (Å²) in [6.45, 7) is 1.07. The average Bonchev–Trinajstić information content (AvgIpc) is 2.27. The quantitative estimate of drug-likeness (QED) is 0.861. The van der Waals surface area contributed by atoms with Crippen LogP contribution in [0.25, 0.3) is 0 Å². The molecule has 0 bridgehead atoms. The van der Waals surface area contributed by atoms with Crippen LogP contribution >= 0.6 is 0 Å². The Balaban J connectivity index is 2.84. The molecule has 0 heterocycles. The fourth-order valence-electron chi connectivity index (χ4n) is 1.32. The van der Waals surface area contributed by atoms with Crippen molar-refractivity contribution in [3.8, 4) is 11.8 Å². The van der Waals surface area contributed by atoms with Crippen molar-refractivity contribution < 1.29 is 27.5 Å². The molecule has 0 aliphatic heterocycles. The number of anilines is 1. The number of hydrogen-bond acceptors (Lipinski definition) is 4. The molecule has 0 fully saturated rings. The highest BCUT2D eigenvalue weighted by molar-refractivity contribution is 6.08. The van der Waals surface area contributed by atoms with Crippen LogP contribution < -0.4 is 10.1 Å². The van der Waals surface area contributed by atoms with Crippen molar-refractivity contribution >= 4 is 17.4 Å². The van der Waals surface area contributed by atoms with Crippen molar-refractivity contribution in [2.24, 2.45) is 5.92 Å². The highest BCUT2D eigenvalue weighted by Crippen LogP contribution is 2.25. The van der Waals surface area contributed by atoms with E-state index in [1.54, 1.807) is 0 Å². The molecule has 1 atom stereocenters. The number of hydrogen-bond donors (Lipinski definition) is 1. The Morgan fingerprint density at radius 3 is 2.55 bits per heavy atom. The van der Waals surface area contributed by atoms with Gasteiger partial charge in [0.05, 0.1) is 6.07 Å². The van der Waals surface area contributed by atoms with E-state index in [2.05, 4.69) is 10.1 Å². The monoisotopic (exact) mass is 286 g/mol. The summed E-state index contributed by atoms with van der Waals surface area (Å²) in [5.74, 6) is -3.61. The second kappa shape index (κ2) is 6.06. The molecule has 20 heavy (non-hydrogen) atoms. The van der Waals surface area contributed by atoms with E-state index < -0.39 is 29.7 Å². The Bertz CT molecular complexity index is 564. The number of nitrogens with zero attached hydrogens (tertiary/aromatic N) is 1. The molecular weight excluding hydrogens is 277 g/mol. The summed E-state index contributed by atoms with van der Waals surface area (Å²) in [4.78, 5) is 22.6. The molecule has 1 rings (SSSR count). The molecule has 1 N–H and O–H groups in total. The maximum atomic E-state index is 12.0. The van der Waals surface area contributed by atoms with E-state index in [-0.39, 0.29) is 5.69 Å². The van der Waals surface area contributed by atoms with E-state index in [0.29, 0.717) is 0 Å². The fraction of sp³-hybridized carbons (Fsp3) is 0.250. The molecule has 1 aromatic carbocycles. The van der Waals surface area contributed by atoms with Gasteiger partial charge >= 0.3 is 6.36 Å². The molecule has 0 saturated carbocycles. The number of ether oxygens (including phenoxy) is 1. The molecule has 5 nitrogen and oxygen atoms in total. The number of ketones is 1. The summed E-state index contributed by atoms with van der Waals surface area (Å²) < 4.78 is 39.8. The topological polar surface area (TPSA) is 79.2 Å². The molecule has 1 amide bonds. The molecule has 1 unspecified atom stereocenters. The maximum Gasteiger partial charge on any atom is 0.573 e. The van der Waals surface area contributed by atoms with Crippen molar-refractivity contribution in [3.05, 3.63) is 24.3 Å². The van der Waals surface area contributed by atoms with Gasteiger partial charge in [-0.2, -0.15) is 5.26 Å². The summed E-state index contributed by atoms with van der Waals surface area (Å²) in [6.07, 6.45) is -4.85. The number of benzene rings is 1. The standard InChI is InChI=1S/C12H9F3N2O3/c1-7(18)10(6-16)11(19)17-8-3-2-4-9(5-8)20-12(13,14)15/h2-5,10H,1H3,(H,17,19). The first-order chi connectivity index (χ1) is 9.23. The molecule has 106 valence electrons. The van der Waals surface area contributed by atoms with Gasteiger partial charge in [-0.05, 0) is 19.1 Å². The average molecular weight is 286 g/mol. The first-order valence-electron chi connectivity index (χ1n) is 5.29. The highest BCUT2D eigenvalue weighted by atomic mass is 19.4. The summed E-state index contributed by atoms with van der Waals surface area (Å²) in [5.41, 5.74) is -0.0155. The van der Waals surface area contributed by atoms with E-state index >= 15 is 0 Å². The van der Waals surface area contributed by atoms with E-state index in [1.807, 2.05) is 0 Å². The molecule has 8 heteroatoms. The third kappa shape index (κ3) is 4.61. The van der Waals surface area contributed by atoms with E-state index in [9.17, 15) is 22.8 Å². The zero-order chi connectivity index (χ0) is 15.3. The zero-order valence-corrected chi connectivity index (χ0v) is 10.2. The van der Waals surface area contributed by atoms with Gasteiger partial charge in [0.2, 0.25) is 5.91 Å². The molecule has 0 aromatic heterocycles. The normalized spacial score (nSPS) is 12.2. The molecular formula is C12H9F3N2O3. The number of nitrogens with one attached hydrogen (secondary N) is 1. The lowest BCUT2D eigenvalue weighted by molar-refractivity contribution is -0.274. The zero-order valence-electron chi connectivity index (χ0n) is 10.2. The lowest BCUT2D eigenvalue weighted by atomic mass is 10.1. The maximum absolute atomic E-state index is 12.0.